The van der Waals surface area contributed by atoms with E-state index in [-0.39, 0.29) is 5.38 Å². The molecule has 0 radical (unpaired) electrons. The fourth-order valence-electron chi connectivity index (χ4n) is 2.31. The van der Waals surface area contributed by atoms with Gasteiger partial charge in [0.05, 0.1) is 19.6 Å². The van der Waals surface area contributed by atoms with Crippen LogP contribution in [0.1, 0.15) is 31.2 Å². The number of ether oxygens (including phenoxy) is 2. The molecular weight excluding hydrogens is 316 g/mol. The summed E-state index contributed by atoms with van der Waals surface area (Å²) in [5, 5.41) is 0.00850. The van der Waals surface area contributed by atoms with E-state index in [1.165, 1.54) is 6.42 Å². The highest BCUT2D eigenvalue weighted by atomic mass is 79.9. The zero-order chi connectivity index (χ0) is 13.5. The fourth-order valence-corrected chi connectivity index (χ4v) is 3.62. The van der Waals surface area contributed by atoms with Crippen molar-refractivity contribution in [2.75, 3.05) is 14.2 Å². The largest absolute Gasteiger partial charge is 0.493 e. The SMILES string of the molecule is COc1cc(Br)c(C(Cl)C2CC2(C)C)cc1OC. The molecule has 100 valence electrons. The highest BCUT2D eigenvalue weighted by Crippen LogP contribution is 2.61. The second kappa shape index (κ2) is 4.93. The fraction of sp³-hybridized carbons (Fsp3) is 0.571. The van der Waals surface area contributed by atoms with Gasteiger partial charge in [-0.05, 0) is 35.4 Å². The molecule has 0 heterocycles. The van der Waals surface area contributed by atoms with Crippen LogP contribution < -0.4 is 9.47 Å². The molecule has 1 aromatic rings. The van der Waals surface area contributed by atoms with Gasteiger partial charge in [0, 0.05) is 4.47 Å². The van der Waals surface area contributed by atoms with E-state index in [0.717, 1.165) is 15.8 Å². The number of benzene rings is 1. The maximum absolute atomic E-state index is 6.59. The molecule has 2 rings (SSSR count). The first-order chi connectivity index (χ1) is 8.40. The standard InChI is InChI=1S/C14H18BrClO2/c1-14(2)7-9(14)13(16)8-5-11(17-3)12(18-4)6-10(8)15/h5-6,9,13H,7H2,1-4H3. The number of rotatable bonds is 4. The van der Waals surface area contributed by atoms with E-state index < -0.39 is 0 Å². The molecule has 0 spiro atoms. The lowest BCUT2D eigenvalue weighted by atomic mass is 10.0. The lowest BCUT2D eigenvalue weighted by Crippen LogP contribution is -2.02. The predicted molar refractivity (Wildman–Crippen MR) is 77.7 cm³/mol. The Bertz CT molecular complexity index is 459. The summed E-state index contributed by atoms with van der Waals surface area (Å²) in [5.41, 5.74) is 1.42. The zero-order valence-corrected chi connectivity index (χ0v) is 13.4. The summed E-state index contributed by atoms with van der Waals surface area (Å²) in [7, 11) is 3.27. The molecule has 1 fully saturated rings. The van der Waals surface area contributed by atoms with Crippen LogP contribution in [0.2, 0.25) is 0 Å². The summed E-state index contributed by atoms with van der Waals surface area (Å²) >= 11 is 10.2. The van der Waals surface area contributed by atoms with Crippen molar-refractivity contribution in [1.29, 1.82) is 0 Å². The molecular formula is C14H18BrClO2. The quantitative estimate of drug-likeness (QED) is 0.737. The molecule has 0 amide bonds. The van der Waals surface area contributed by atoms with Crippen molar-refractivity contribution in [2.45, 2.75) is 25.6 Å². The van der Waals surface area contributed by atoms with Crippen molar-refractivity contribution in [1.82, 2.24) is 0 Å². The monoisotopic (exact) mass is 332 g/mol. The van der Waals surface area contributed by atoms with Crippen molar-refractivity contribution in [2.24, 2.45) is 11.3 Å². The minimum absolute atomic E-state index is 0.00850. The Morgan fingerprint density at radius 1 is 1.28 bits per heavy atom. The number of methoxy groups -OCH3 is 2. The maximum atomic E-state index is 6.59. The Hall–Kier alpha value is -0.410. The van der Waals surface area contributed by atoms with Gasteiger partial charge >= 0.3 is 0 Å². The van der Waals surface area contributed by atoms with Gasteiger partial charge in [-0.1, -0.05) is 29.8 Å². The van der Waals surface area contributed by atoms with Gasteiger partial charge < -0.3 is 9.47 Å². The third-order valence-corrected chi connectivity index (χ3v) is 4.97. The number of hydrogen-bond acceptors (Lipinski definition) is 2. The molecule has 0 aliphatic heterocycles. The molecule has 0 aromatic heterocycles. The van der Waals surface area contributed by atoms with Gasteiger partial charge in [-0.2, -0.15) is 0 Å². The van der Waals surface area contributed by atoms with Crippen molar-refractivity contribution >= 4 is 27.5 Å². The van der Waals surface area contributed by atoms with Crippen molar-refractivity contribution in [3.63, 3.8) is 0 Å². The van der Waals surface area contributed by atoms with Gasteiger partial charge in [0.15, 0.2) is 11.5 Å². The average molecular weight is 334 g/mol. The summed E-state index contributed by atoms with van der Waals surface area (Å²) in [6, 6.07) is 3.88. The molecule has 0 N–H and O–H groups in total. The van der Waals surface area contributed by atoms with Crippen LogP contribution >= 0.6 is 27.5 Å². The van der Waals surface area contributed by atoms with E-state index in [9.17, 15) is 0 Å². The van der Waals surface area contributed by atoms with Crippen molar-refractivity contribution in [3.05, 3.63) is 22.2 Å². The summed E-state index contributed by atoms with van der Waals surface area (Å²) < 4.78 is 11.6. The van der Waals surface area contributed by atoms with E-state index in [0.29, 0.717) is 17.1 Å². The molecule has 2 atom stereocenters. The number of hydrogen-bond donors (Lipinski definition) is 0. The Kier molecular flexibility index (Phi) is 3.84. The molecule has 18 heavy (non-hydrogen) atoms. The average Bonchev–Trinajstić information content (AvgIpc) is 2.97. The molecule has 2 nitrogen and oxygen atoms in total. The van der Waals surface area contributed by atoms with E-state index in [1.807, 2.05) is 12.1 Å². The molecule has 0 bridgehead atoms. The van der Waals surface area contributed by atoms with Crippen LogP contribution in [0.4, 0.5) is 0 Å². The summed E-state index contributed by atoms with van der Waals surface area (Å²) in [4.78, 5) is 0. The van der Waals surface area contributed by atoms with Crippen LogP contribution in [0, 0.1) is 11.3 Å². The number of halogens is 2. The van der Waals surface area contributed by atoms with Crippen molar-refractivity contribution < 1.29 is 9.47 Å². The summed E-state index contributed by atoms with van der Waals surface area (Å²) in [6.45, 7) is 4.50. The Morgan fingerprint density at radius 3 is 2.22 bits per heavy atom. The molecule has 4 heteroatoms. The molecule has 1 aliphatic carbocycles. The van der Waals surface area contributed by atoms with Crippen LogP contribution in [0.15, 0.2) is 16.6 Å². The van der Waals surface area contributed by atoms with Gasteiger partial charge in [-0.15, -0.1) is 11.6 Å². The minimum Gasteiger partial charge on any atom is -0.493 e. The number of alkyl halides is 1. The first kappa shape index (κ1) is 14.0. The minimum atomic E-state index is 0.00850. The maximum Gasteiger partial charge on any atom is 0.161 e. The highest BCUT2D eigenvalue weighted by Gasteiger charge is 2.50. The van der Waals surface area contributed by atoms with Crippen LogP contribution in [0.25, 0.3) is 0 Å². The second-order valence-electron chi connectivity index (χ2n) is 5.43. The predicted octanol–water partition coefficient (Wildman–Crippen LogP) is 4.79. The second-order valence-corrected chi connectivity index (χ2v) is 6.75. The Balaban J connectivity index is 2.33. The van der Waals surface area contributed by atoms with Crippen LogP contribution in [0.5, 0.6) is 11.5 Å². The van der Waals surface area contributed by atoms with Gasteiger partial charge in [0.2, 0.25) is 0 Å². The molecule has 0 saturated heterocycles. The van der Waals surface area contributed by atoms with Crippen LogP contribution in [0.3, 0.4) is 0 Å². The lowest BCUT2D eigenvalue weighted by Gasteiger charge is -2.16. The van der Waals surface area contributed by atoms with E-state index >= 15 is 0 Å². The Morgan fingerprint density at radius 2 is 1.78 bits per heavy atom. The van der Waals surface area contributed by atoms with Crippen LogP contribution in [-0.4, -0.2) is 14.2 Å². The van der Waals surface area contributed by atoms with Gasteiger partial charge in [0.25, 0.3) is 0 Å². The van der Waals surface area contributed by atoms with E-state index in [2.05, 4.69) is 29.8 Å². The normalized spacial score (nSPS) is 22.4. The first-order valence-corrected chi connectivity index (χ1v) is 7.19. The van der Waals surface area contributed by atoms with E-state index in [1.54, 1.807) is 14.2 Å². The van der Waals surface area contributed by atoms with Gasteiger partial charge in [0.1, 0.15) is 0 Å². The van der Waals surface area contributed by atoms with Gasteiger partial charge in [-0.3, -0.25) is 0 Å². The van der Waals surface area contributed by atoms with Gasteiger partial charge in [-0.25, -0.2) is 0 Å². The van der Waals surface area contributed by atoms with Crippen LogP contribution in [-0.2, 0) is 0 Å². The third-order valence-electron chi connectivity index (χ3n) is 3.74. The van der Waals surface area contributed by atoms with Crippen molar-refractivity contribution in [3.8, 4) is 11.5 Å². The summed E-state index contributed by atoms with van der Waals surface area (Å²) in [6.07, 6.45) is 1.17. The zero-order valence-electron chi connectivity index (χ0n) is 11.1. The Labute approximate surface area is 122 Å². The smallest absolute Gasteiger partial charge is 0.161 e. The topological polar surface area (TPSA) is 18.5 Å². The molecule has 1 aliphatic rings. The molecule has 1 saturated carbocycles. The summed E-state index contributed by atoms with van der Waals surface area (Å²) in [5.74, 6) is 1.96. The highest BCUT2D eigenvalue weighted by molar-refractivity contribution is 9.10. The lowest BCUT2D eigenvalue weighted by molar-refractivity contribution is 0.354. The van der Waals surface area contributed by atoms with E-state index in [4.69, 9.17) is 21.1 Å². The first-order valence-electron chi connectivity index (χ1n) is 5.96. The third kappa shape index (κ3) is 2.48. The molecule has 2 unspecified atom stereocenters. The molecule has 1 aromatic carbocycles.